The van der Waals surface area contributed by atoms with Crippen LogP contribution < -0.4 is 16.2 Å². The van der Waals surface area contributed by atoms with Crippen molar-refractivity contribution in [3.63, 3.8) is 0 Å². The van der Waals surface area contributed by atoms with E-state index in [9.17, 15) is 0 Å². The van der Waals surface area contributed by atoms with E-state index in [1.807, 2.05) is 0 Å². The standard InChI is InChI=1S/C17H29N3/c1-13(2)16-8-6-15(7-9-16)11-18-10-4-5-17-12-19-20-14(17)3/h6-9,13-14,17-20H,4-5,10-12H2,1-3H3. The minimum absolute atomic E-state index is 0.610. The van der Waals surface area contributed by atoms with Crippen LogP contribution in [0.3, 0.4) is 0 Å². The minimum Gasteiger partial charge on any atom is -0.313 e. The molecule has 0 saturated carbocycles. The van der Waals surface area contributed by atoms with E-state index >= 15 is 0 Å². The van der Waals surface area contributed by atoms with Gasteiger partial charge in [0.25, 0.3) is 0 Å². The molecule has 2 atom stereocenters. The molecule has 3 heteroatoms. The predicted octanol–water partition coefficient (Wildman–Crippen LogP) is 2.79. The van der Waals surface area contributed by atoms with Crippen LogP contribution in [0.1, 0.15) is 50.7 Å². The molecule has 1 aliphatic rings. The molecule has 20 heavy (non-hydrogen) atoms. The Morgan fingerprint density at radius 2 is 2.00 bits per heavy atom. The maximum Gasteiger partial charge on any atom is 0.0225 e. The summed E-state index contributed by atoms with van der Waals surface area (Å²) in [6.45, 7) is 9.93. The largest absolute Gasteiger partial charge is 0.313 e. The average molecular weight is 275 g/mol. The van der Waals surface area contributed by atoms with Crippen LogP contribution in [0.25, 0.3) is 0 Å². The zero-order valence-corrected chi connectivity index (χ0v) is 13.1. The summed E-state index contributed by atoms with van der Waals surface area (Å²) in [5.74, 6) is 1.40. The highest BCUT2D eigenvalue weighted by Crippen LogP contribution is 2.15. The SMILES string of the molecule is CC(C)c1ccc(CNCCCC2CNNC2C)cc1. The average Bonchev–Trinajstić information content (AvgIpc) is 2.84. The van der Waals surface area contributed by atoms with Gasteiger partial charge in [-0.1, -0.05) is 38.1 Å². The second-order valence-electron chi connectivity index (χ2n) is 6.29. The van der Waals surface area contributed by atoms with Crippen molar-refractivity contribution in [3.8, 4) is 0 Å². The molecule has 0 aliphatic carbocycles. The monoisotopic (exact) mass is 275 g/mol. The second kappa shape index (κ2) is 7.77. The van der Waals surface area contributed by atoms with Crippen LogP contribution in [0, 0.1) is 5.92 Å². The van der Waals surface area contributed by atoms with Gasteiger partial charge in [0, 0.05) is 19.1 Å². The lowest BCUT2D eigenvalue weighted by atomic mass is 9.98. The first-order valence-electron chi connectivity index (χ1n) is 7.94. The maximum absolute atomic E-state index is 3.55. The first kappa shape index (κ1) is 15.5. The van der Waals surface area contributed by atoms with Gasteiger partial charge in [-0.25, -0.2) is 0 Å². The Hall–Kier alpha value is -0.900. The smallest absolute Gasteiger partial charge is 0.0225 e. The van der Waals surface area contributed by atoms with Crippen LogP contribution in [0.15, 0.2) is 24.3 Å². The highest BCUT2D eigenvalue weighted by Gasteiger charge is 2.21. The first-order chi connectivity index (χ1) is 9.66. The van der Waals surface area contributed by atoms with Gasteiger partial charge in [-0.05, 0) is 49.3 Å². The minimum atomic E-state index is 0.610. The summed E-state index contributed by atoms with van der Waals surface area (Å²) >= 11 is 0. The Bertz CT molecular complexity index is 386. The van der Waals surface area contributed by atoms with E-state index in [1.165, 1.54) is 24.0 Å². The Balaban J connectivity index is 1.61. The Kier molecular flexibility index (Phi) is 6.02. The molecule has 112 valence electrons. The molecule has 0 amide bonds. The molecule has 3 N–H and O–H groups in total. The number of benzene rings is 1. The summed E-state index contributed by atoms with van der Waals surface area (Å²) in [6, 6.07) is 9.60. The molecule has 0 radical (unpaired) electrons. The van der Waals surface area contributed by atoms with E-state index < -0.39 is 0 Å². The van der Waals surface area contributed by atoms with Gasteiger partial charge in [0.15, 0.2) is 0 Å². The van der Waals surface area contributed by atoms with Crippen LogP contribution in [-0.2, 0) is 6.54 Å². The molecule has 1 aromatic carbocycles. The molecule has 1 aliphatic heterocycles. The van der Waals surface area contributed by atoms with Gasteiger partial charge in [0.2, 0.25) is 0 Å². The normalized spacial score (nSPS) is 22.6. The van der Waals surface area contributed by atoms with Gasteiger partial charge in [0.05, 0.1) is 0 Å². The van der Waals surface area contributed by atoms with E-state index in [-0.39, 0.29) is 0 Å². The van der Waals surface area contributed by atoms with Gasteiger partial charge in [0.1, 0.15) is 0 Å². The molecule has 1 fully saturated rings. The number of hydrazine groups is 1. The summed E-state index contributed by atoms with van der Waals surface area (Å²) < 4.78 is 0. The Morgan fingerprint density at radius 1 is 1.25 bits per heavy atom. The quantitative estimate of drug-likeness (QED) is 0.670. The topological polar surface area (TPSA) is 36.1 Å². The van der Waals surface area contributed by atoms with Crippen molar-refractivity contribution in [1.82, 2.24) is 16.2 Å². The van der Waals surface area contributed by atoms with Crippen molar-refractivity contribution >= 4 is 0 Å². The third-order valence-corrected chi connectivity index (χ3v) is 4.31. The lowest BCUT2D eigenvalue weighted by Gasteiger charge is -2.13. The van der Waals surface area contributed by atoms with E-state index in [0.717, 1.165) is 25.6 Å². The van der Waals surface area contributed by atoms with Crippen LogP contribution in [-0.4, -0.2) is 19.1 Å². The highest BCUT2D eigenvalue weighted by atomic mass is 15.4. The first-order valence-corrected chi connectivity index (χ1v) is 7.94. The van der Waals surface area contributed by atoms with Gasteiger partial charge in [-0.2, -0.15) is 0 Å². The lowest BCUT2D eigenvalue weighted by molar-refractivity contribution is 0.439. The number of hydrogen-bond donors (Lipinski definition) is 3. The summed E-state index contributed by atoms with van der Waals surface area (Å²) in [7, 11) is 0. The van der Waals surface area contributed by atoms with Crippen molar-refractivity contribution in [1.29, 1.82) is 0 Å². The second-order valence-corrected chi connectivity index (χ2v) is 6.29. The third-order valence-electron chi connectivity index (χ3n) is 4.31. The molecule has 1 aromatic rings. The van der Waals surface area contributed by atoms with E-state index in [4.69, 9.17) is 0 Å². The molecule has 1 heterocycles. The fourth-order valence-corrected chi connectivity index (χ4v) is 2.74. The summed E-state index contributed by atoms with van der Waals surface area (Å²) in [5, 5.41) is 3.55. The van der Waals surface area contributed by atoms with Crippen molar-refractivity contribution in [2.75, 3.05) is 13.1 Å². The zero-order valence-electron chi connectivity index (χ0n) is 13.1. The third kappa shape index (κ3) is 4.58. The van der Waals surface area contributed by atoms with Crippen molar-refractivity contribution in [2.24, 2.45) is 5.92 Å². The van der Waals surface area contributed by atoms with Gasteiger partial charge < -0.3 is 5.32 Å². The van der Waals surface area contributed by atoms with E-state index in [2.05, 4.69) is 61.2 Å². The van der Waals surface area contributed by atoms with Gasteiger partial charge in [-0.15, -0.1) is 0 Å². The maximum atomic E-state index is 3.55. The van der Waals surface area contributed by atoms with Crippen LogP contribution in [0.5, 0.6) is 0 Å². The summed E-state index contributed by atoms with van der Waals surface area (Å²) in [6.07, 6.45) is 2.54. The van der Waals surface area contributed by atoms with Crippen LogP contribution in [0.2, 0.25) is 0 Å². The van der Waals surface area contributed by atoms with Crippen molar-refractivity contribution in [3.05, 3.63) is 35.4 Å². The van der Waals surface area contributed by atoms with Crippen molar-refractivity contribution < 1.29 is 0 Å². The van der Waals surface area contributed by atoms with Gasteiger partial charge >= 0.3 is 0 Å². The number of nitrogens with one attached hydrogen (secondary N) is 3. The molecular weight excluding hydrogens is 246 g/mol. The Labute approximate surface area is 123 Å². The summed E-state index contributed by atoms with van der Waals surface area (Å²) in [4.78, 5) is 0. The van der Waals surface area contributed by atoms with E-state index in [0.29, 0.717) is 12.0 Å². The molecule has 2 unspecified atom stereocenters. The molecule has 0 aromatic heterocycles. The molecule has 0 spiro atoms. The number of hydrogen-bond acceptors (Lipinski definition) is 3. The van der Waals surface area contributed by atoms with E-state index in [1.54, 1.807) is 0 Å². The van der Waals surface area contributed by atoms with Gasteiger partial charge in [-0.3, -0.25) is 10.9 Å². The lowest BCUT2D eigenvalue weighted by Crippen LogP contribution is -2.28. The van der Waals surface area contributed by atoms with Crippen LogP contribution >= 0.6 is 0 Å². The molecule has 1 saturated heterocycles. The number of rotatable bonds is 7. The predicted molar refractivity (Wildman–Crippen MR) is 85.6 cm³/mol. The molecule has 3 nitrogen and oxygen atoms in total. The Morgan fingerprint density at radius 3 is 2.60 bits per heavy atom. The molecule has 2 rings (SSSR count). The summed E-state index contributed by atoms with van der Waals surface area (Å²) in [5.41, 5.74) is 9.31. The zero-order chi connectivity index (χ0) is 14.4. The molecule has 0 bridgehead atoms. The van der Waals surface area contributed by atoms with Crippen LogP contribution in [0.4, 0.5) is 0 Å². The molecular formula is C17H29N3. The fraction of sp³-hybridized carbons (Fsp3) is 0.647. The fourth-order valence-electron chi connectivity index (χ4n) is 2.74. The highest BCUT2D eigenvalue weighted by molar-refractivity contribution is 5.24. The van der Waals surface area contributed by atoms with Crippen molar-refractivity contribution in [2.45, 2.75) is 52.1 Å².